The van der Waals surface area contributed by atoms with Crippen LogP contribution in [0.1, 0.15) is 49.5 Å². The zero-order valence-corrected chi connectivity index (χ0v) is 15.5. The summed E-state index contributed by atoms with van der Waals surface area (Å²) in [5, 5.41) is 6.49. The van der Waals surface area contributed by atoms with Gasteiger partial charge in [0, 0.05) is 24.7 Å². The minimum atomic E-state index is -0.246. The van der Waals surface area contributed by atoms with Gasteiger partial charge in [0.05, 0.1) is 10.6 Å². The number of halogens is 1. The van der Waals surface area contributed by atoms with Gasteiger partial charge in [0.2, 0.25) is 0 Å². The highest BCUT2D eigenvalue weighted by Gasteiger charge is 2.26. The maximum atomic E-state index is 12.4. The summed E-state index contributed by atoms with van der Waals surface area (Å²) in [6.45, 7) is 9.03. The fraction of sp³-hybridized carbons (Fsp3) is 0.556. The van der Waals surface area contributed by atoms with E-state index in [1.807, 2.05) is 39.8 Å². The third kappa shape index (κ3) is 4.87. The van der Waals surface area contributed by atoms with Gasteiger partial charge in [-0.05, 0) is 52.2 Å². The Kier molecular flexibility index (Phi) is 5.75. The van der Waals surface area contributed by atoms with Gasteiger partial charge < -0.3 is 15.5 Å². The second-order valence-electron chi connectivity index (χ2n) is 7.35. The molecule has 0 unspecified atom stereocenters. The first-order valence-electron chi connectivity index (χ1n) is 8.30. The van der Waals surface area contributed by atoms with Crippen molar-refractivity contribution in [1.82, 2.24) is 15.5 Å². The van der Waals surface area contributed by atoms with Gasteiger partial charge >= 0.3 is 6.03 Å². The highest BCUT2D eigenvalue weighted by molar-refractivity contribution is 6.34. The highest BCUT2D eigenvalue weighted by Crippen LogP contribution is 2.21. The van der Waals surface area contributed by atoms with E-state index in [2.05, 4.69) is 10.6 Å². The van der Waals surface area contributed by atoms with Crippen LogP contribution in [0.15, 0.2) is 18.2 Å². The van der Waals surface area contributed by atoms with Crippen molar-refractivity contribution in [2.75, 3.05) is 13.1 Å². The summed E-state index contributed by atoms with van der Waals surface area (Å²) in [5.74, 6) is -0.152. The Bertz CT molecular complexity index is 617. The molecule has 1 aliphatic rings. The molecule has 132 valence electrons. The van der Waals surface area contributed by atoms with Crippen LogP contribution in [0.4, 0.5) is 4.79 Å². The van der Waals surface area contributed by atoms with Crippen molar-refractivity contribution >= 4 is 23.5 Å². The Morgan fingerprint density at radius 1 is 1.21 bits per heavy atom. The van der Waals surface area contributed by atoms with Gasteiger partial charge in [-0.25, -0.2) is 4.79 Å². The third-order valence-corrected chi connectivity index (χ3v) is 4.54. The molecule has 0 radical (unpaired) electrons. The minimum absolute atomic E-state index is 0.0472. The number of carbonyl (C=O) groups excluding carboxylic acids is 2. The molecule has 0 aliphatic carbocycles. The van der Waals surface area contributed by atoms with E-state index in [1.165, 1.54) is 0 Å². The van der Waals surface area contributed by atoms with Gasteiger partial charge in [-0.3, -0.25) is 4.79 Å². The van der Waals surface area contributed by atoms with Crippen LogP contribution in [0.5, 0.6) is 0 Å². The van der Waals surface area contributed by atoms with Crippen LogP contribution in [-0.4, -0.2) is 41.5 Å². The fourth-order valence-corrected chi connectivity index (χ4v) is 2.92. The van der Waals surface area contributed by atoms with Crippen LogP contribution in [0.25, 0.3) is 0 Å². The van der Waals surface area contributed by atoms with Crippen molar-refractivity contribution in [3.8, 4) is 0 Å². The van der Waals surface area contributed by atoms with E-state index in [9.17, 15) is 9.59 Å². The standard InChI is InChI=1S/C18H26ClN3O2/c1-12-6-5-7-14(15(12)19)16(23)20-13-8-10-22(11-9-13)17(24)21-18(2,3)4/h5-7,13H,8-11H2,1-4H3,(H,20,23)(H,21,24). The molecule has 1 fully saturated rings. The molecule has 1 aromatic rings. The van der Waals surface area contributed by atoms with Gasteiger partial charge in [0.25, 0.3) is 5.91 Å². The number of aryl methyl sites for hydroxylation is 1. The van der Waals surface area contributed by atoms with E-state index in [0.717, 1.165) is 18.4 Å². The minimum Gasteiger partial charge on any atom is -0.349 e. The van der Waals surface area contributed by atoms with Crippen molar-refractivity contribution in [2.45, 2.75) is 52.1 Å². The van der Waals surface area contributed by atoms with Gasteiger partial charge in [0.15, 0.2) is 0 Å². The lowest BCUT2D eigenvalue weighted by Crippen LogP contribution is -2.53. The fourth-order valence-electron chi connectivity index (χ4n) is 2.71. The highest BCUT2D eigenvalue weighted by atomic mass is 35.5. The van der Waals surface area contributed by atoms with E-state index in [0.29, 0.717) is 23.7 Å². The maximum Gasteiger partial charge on any atom is 0.317 e. The van der Waals surface area contributed by atoms with Crippen molar-refractivity contribution < 1.29 is 9.59 Å². The molecule has 0 atom stereocenters. The molecule has 0 bridgehead atoms. The number of amides is 3. The molecule has 0 spiro atoms. The summed E-state index contributed by atoms with van der Waals surface area (Å²) in [6, 6.07) is 5.46. The molecule has 1 aliphatic heterocycles. The Morgan fingerprint density at radius 3 is 2.42 bits per heavy atom. The maximum absolute atomic E-state index is 12.4. The van der Waals surface area contributed by atoms with E-state index in [1.54, 1.807) is 11.0 Å². The quantitative estimate of drug-likeness (QED) is 0.858. The summed E-state index contributed by atoms with van der Waals surface area (Å²) in [5.41, 5.74) is 1.15. The summed E-state index contributed by atoms with van der Waals surface area (Å²) in [7, 11) is 0. The number of rotatable bonds is 2. The number of piperidine rings is 1. The first kappa shape index (κ1) is 18.6. The van der Waals surface area contributed by atoms with Crippen molar-refractivity contribution in [2.24, 2.45) is 0 Å². The average molecular weight is 352 g/mol. The molecule has 2 rings (SSSR count). The molecule has 0 aromatic heterocycles. The third-order valence-electron chi connectivity index (χ3n) is 4.04. The summed E-state index contributed by atoms with van der Waals surface area (Å²) >= 11 is 6.21. The van der Waals surface area contributed by atoms with Crippen LogP contribution < -0.4 is 10.6 Å². The lowest BCUT2D eigenvalue weighted by atomic mass is 10.0. The number of nitrogens with zero attached hydrogens (tertiary/aromatic N) is 1. The number of nitrogens with one attached hydrogen (secondary N) is 2. The predicted molar refractivity (Wildman–Crippen MR) is 96.5 cm³/mol. The average Bonchev–Trinajstić information content (AvgIpc) is 2.49. The number of carbonyl (C=O) groups is 2. The Hall–Kier alpha value is -1.75. The molecule has 5 nitrogen and oxygen atoms in total. The second-order valence-corrected chi connectivity index (χ2v) is 7.73. The number of benzene rings is 1. The predicted octanol–water partition coefficient (Wildman–Crippen LogP) is 3.35. The lowest BCUT2D eigenvalue weighted by molar-refractivity contribution is 0.0917. The molecule has 6 heteroatoms. The first-order valence-corrected chi connectivity index (χ1v) is 8.68. The summed E-state index contributed by atoms with van der Waals surface area (Å²) < 4.78 is 0. The first-order chi connectivity index (χ1) is 11.2. The van der Waals surface area contributed by atoms with Crippen LogP contribution in [0, 0.1) is 6.92 Å². The number of hydrogen-bond acceptors (Lipinski definition) is 2. The molecular formula is C18H26ClN3O2. The molecule has 1 saturated heterocycles. The zero-order valence-electron chi connectivity index (χ0n) is 14.8. The van der Waals surface area contributed by atoms with Crippen LogP contribution in [0.2, 0.25) is 5.02 Å². The van der Waals surface area contributed by atoms with E-state index in [4.69, 9.17) is 11.6 Å². The van der Waals surface area contributed by atoms with Crippen LogP contribution in [0.3, 0.4) is 0 Å². The monoisotopic (exact) mass is 351 g/mol. The van der Waals surface area contributed by atoms with Crippen molar-refractivity contribution in [3.05, 3.63) is 34.3 Å². The Balaban J connectivity index is 1.88. The largest absolute Gasteiger partial charge is 0.349 e. The molecule has 2 N–H and O–H groups in total. The normalized spacial score (nSPS) is 16.0. The van der Waals surface area contributed by atoms with E-state index < -0.39 is 0 Å². The summed E-state index contributed by atoms with van der Waals surface area (Å²) in [6.07, 6.45) is 1.49. The smallest absolute Gasteiger partial charge is 0.317 e. The number of likely N-dealkylation sites (tertiary alicyclic amines) is 1. The zero-order chi connectivity index (χ0) is 17.9. The Labute approximate surface area is 148 Å². The second kappa shape index (κ2) is 7.43. The van der Waals surface area contributed by atoms with Gasteiger partial charge in [0.1, 0.15) is 0 Å². The van der Waals surface area contributed by atoms with Gasteiger partial charge in [-0.1, -0.05) is 23.7 Å². The van der Waals surface area contributed by atoms with Crippen LogP contribution in [-0.2, 0) is 0 Å². The molecule has 3 amide bonds. The van der Waals surface area contributed by atoms with Gasteiger partial charge in [-0.15, -0.1) is 0 Å². The molecule has 1 aromatic carbocycles. The number of hydrogen-bond donors (Lipinski definition) is 2. The molecular weight excluding hydrogens is 326 g/mol. The van der Waals surface area contributed by atoms with Gasteiger partial charge in [-0.2, -0.15) is 0 Å². The van der Waals surface area contributed by atoms with E-state index >= 15 is 0 Å². The molecule has 0 saturated carbocycles. The lowest BCUT2D eigenvalue weighted by Gasteiger charge is -2.34. The molecule has 24 heavy (non-hydrogen) atoms. The van der Waals surface area contributed by atoms with Crippen molar-refractivity contribution in [1.29, 1.82) is 0 Å². The topological polar surface area (TPSA) is 61.4 Å². The van der Waals surface area contributed by atoms with Crippen LogP contribution >= 0.6 is 11.6 Å². The van der Waals surface area contributed by atoms with E-state index in [-0.39, 0.29) is 23.5 Å². The summed E-state index contributed by atoms with van der Waals surface area (Å²) in [4.78, 5) is 26.4. The number of urea groups is 1. The SMILES string of the molecule is Cc1cccc(C(=O)NC2CCN(C(=O)NC(C)(C)C)CC2)c1Cl. The van der Waals surface area contributed by atoms with Crippen molar-refractivity contribution in [3.63, 3.8) is 0 Å². The molecule has 1 heterocycles. The Morgan fingerprint density at radius 2 is 1.83 bits per heavy atom.